The number of nitrogens with zero attached hydrogens (tertiary/aromatic N) is 4. The first-order chi connectivity index (χ1) is 31.2. The Kier molecular flexibility index (Phi) is 7.02. The van der Waals surface area contributed by atoms with Gasteiger partial charge in [-0.25, -0.2) is 15.0 Å². The minimum atomic E-state index is 0.553. The Hall–Kier alpha value is -8.61. The quantitative estimate of drug-likeness (QED) is 0.177. The molecule has 0 saturated carbocycles. The lowest BCUT2D eigenvalue weighted by Crippen LogP contribution is -2.02. The van der Waals surface area contributed by atoms with Gasteiger partial charge in [-0.1, -0.05) is 146 Å². The molecule has 6 nitrogen and oxygen atoms in total. The Labute approximate surface area is 358 Å². The summed E-state index contributed by atoms with van der Waals surface area (Å²) in [6, 6.07) is 68.0. The van der Waals surface area contributed by atoms with Crippen LogP contribution in [0, 0.1) is 0 Å². The lowest BCUT2D eigenvalue weighted by atomic mass is 10.0. The van der Waals surface area contributed by atoms with Gasteiger partial charge in [0.1, 0.15) is 16.7 Å². The van der Waals surface area contributed by atoms with Gasteiger partial charge in [0.15, 0.2) is 23.1 Å². The molecule has 0 aliphatic carbocycles. The Morgan fingerprint density at radius 2 is 0.952 bits per heavy atom. The summed E-state index contributed by atoms with van der Waals surface area (Å²) in [5, 5.41) is 13.0. The number of furan rings is 2. The Morgan fingerprint density at radius 3 is 1.81 bits per heavy atom. The van der Waals surface area contributed by atoms with Crippen LogP contribution >= 0.6 is 0 Å². The molecule has 4 heterocycles. The molecule has 0 atom stereocenters. The number of fused-ring (bicyclic) bond motifs is 13. The zero-order valence-electron chi connectivity index (χ0n) is 33.6. The van der Waals surface area contributed by atoms with Crippen molar-refractivity contribution in [2.24, 2.45) is 0 Å². The van der Waals surface area contributed by atoms with Gasteiger partial charge < -0.3 is 13.4 Å². The van der Waals surface area contributed by atoms with Crippen LogP contribution in [0.25, 0.3) is 138 Å². The van der Waals surface area contributed by atoms with Gasteiger partial charge in [0.25, 0.3) is 0 Å². The highest BCUT2D eigenvalue weighted by Crippen LogP contribution is 2.44. The molecule has 14 rings (SSSR count). The topological polar surface area (TPSA) is 69.9 Å². The normalized spacial score (nSPS) is 12.1. The summed E-state index contributed by atoms with van der Waals surface area (Å²) in [4.78, 5) is 16.1. The Balaban J connectivity index is 1.12. The SMILES string of the molecule is c1ccc2cc3c(cc2c1)c1ccccc1n3-c1cc(-c2nc(-c3cccc4ccccc34)nc(-c3cccc4oc5ccccc5c34)n2)cc2c1oc1c3ccccc3ccc21. The van der Waals surface area contributed by atoms with Gasteiger partial charge in [-0.3, -0.25) is 0 Å². The fourth-order valence-corrected chi connectivity index (χ4v) is 9.93. The van der Waals surface area contributed by atoms with Gasteiger partial charge in [0.05, 0.1) is 16.7 Å². The van der Waals surface area contributed by atoms with E-state index in [-0.39, 0.29) is 0 Å². The maximum Gasteiger partial charge on any atom is 0.164 e. The lowest BCUT2D eigenvalue weighted by molar-refractivity contribution is 0.669. The van der Waals surface area contributed by atoms with Crippen molar-refractivity contribution in [2.75, 3.05) is 0 Å². The van der Waals surface area contributed by atoms with Crippen molar-refractivity contribution in [3.05, 3.63) is 194 Å². The molecule has 0 N–H and O–H groups in total. The maximum atomic E-state index is 7.13. The second kappa shape index (κ2) is 12.9. The van der Waals surface area contributed by atoms with Crippen molar-refractivity contribution in [1.29, 1.82) is 0 Å². The molecule has 63 heavy (non-hydrogen) atoms. The summed E-state index contributed by atoms with van der Waals surface area (Å²) in [6.45, 7) is 0. The molecule has 0 fully saturated rings. The Morgan fingerprint density at radius 1 is 0.333 bits per heavy atom. The monoisotopic (exact) mass is 804 g/mol. The third-order valence-electron chi connectivity index (χ3n) is 12.8. The van der Waals surface area contributed by atoms with Crippen molar-refractivity contribution in [2.45, 2.75) is 0 Å². The van der Waals surface area contributed by atoms with Gasteiger partial charge in [0, 0.05) is 54.4 Å². The van der Waals surface area contributed by atoms with E-state index in [1.54, 1.807) is 0 Å². The smallest absolute Gasteiger partial charge is 0.164 e. The van der Waals surface area contributed by atoms with E-state index in [1.807, 2.05) is 30.3 Å². The van der Waals surface area contributed by atoms with Crippen LogP contribution in [-0.4, -0.2) is 19.5 Å². The van der Waals surface area contributed by atoms with E-state index in [9.17, 15) is 0 Å². The molecule has 10 aromatic carbocycles. The standard InChI is InChI=1S/C57H32N4O2/c1-2-16-36-31-48-45(29-35(36)15-1)40-20-7-9-24-47(40)61(48)49-32-37(30-46-41-28-27-34-14-4-6-19-39(34)53(41)63-54(46)49)55-58-56(42-22-11-17-33-13-3-5-18-38(33)42)60-57(59-55)44-23-12-26-51-52(44)43-21-8-10-25-50(43)62-51/h1-32H. The van der Waals surface area contributed by atoms with Crippen molar-refractivity contribution >= 4 is 98.0 Å². The number of hydrogen-bond acceptors (Lipinski definition) is 5. The summed E-state index contributed by atoms with van der Waals surface area (Å²) >= 11 is 0. The molecule has 4 aromatic heterocycles. The van der Waals surface area contributed by atoms with Gasteiger partial charge >= 0.3 is 0 Å². The summed E-state index contributed by atoms with van der Waals surface area (Å²) in [6.07, 6.45) is 0. The zero-order valence-corrected chi connectivity index (χ0v) is 33.6. The molecule has 0 aliphatic rings. The van der Waals surface area contributed by atoms with E-state index in [1.165, 1.54) is 21.5 Å². The second-order valence-electron chi connectivity index (χ2n) is 16.3. The predicted molar refractivity (Wildman–Crippen MR) is 258 cm³/mol. The number of hydrogen-bond donors (Lipinski definition) is 0. The van der Waals surface area contributed by atoms with Gasteiger partial charge in [-0.2, -0.15) is 0 Å². The fraction of sp³-hybridized carbons (Fsp3) is 0. The lowest BCUT2D eigenvalue weighted by Gasteiger charge is -2.13. The van der Waals surface area contributed by atoms with E-state index in [4.69, 9.17) is 23.8 Å². The van der Waals surface area contributed by atoms with Crippen LogP contribution < -0.4 is 0 Å². The van der Waals surface area contributed by atoms with Crippen LogP contribution in [0.15, 0.2) is 203 Å². The van der Waals surface area contributed by atoms with Gasteiger partial charge in [-0.05, 0) is 75.5 Å². The highest BCUT2D eigenvalue weighted by Gasteiger charge is 2.24. The van der Waals surface area contributed by atoms with Crippen LogP contribution in [0.1, 0.15) is 0 Å². The molecule has 0 unspecified atom stereocenters. The average Bonchev–Trinajstić information content (AvgIpc) is 4.02. The number of rotatable bonds is 4. The number of para-hydroxylation sites is 2. The minimum absolute atomic E-state index is 0.553. The summed E-state index contributed by atoms with van der Waals surface area (Å²) < 4.78 is 15.9. The maximum absolute atomic E-state index is 7.13. The molecule has 0 radical (unpaired) electrons. The average molecular weight is 805 g/mol. The largest absolute Gasteiger partial charge is 0.456 e. The number of aromatic nitrogens is 4. The molecule has 0 amide bonds. The number of benzene rings is 10. The molecule has 0 aliphatic heterocycles. The third-order valence-corrected chi connectivity index (χ3v) is 12.8. The van der Waals surface area contributed by atoms with Crippen LogP contribution in [-0.2, 0) is 0 Å². The molecular weight excluding hydrogens is 773 g/mol. The minimum Gasteiger partial charge on any atom is -0.456 e. The first kappa shape index (κ1) is 34.1. The molecule has 14 aromatic rings. The molecular formula is C57H32N4O2. The second-order valence-corrected chi connectivity index (χ2v) is 16.3. The first-order valence-corrected chi connectivity index (χ1v) is 21.2. The highest BCUT2D eigenvalue weighted by molar-refractivity contribution is 6.19. The van der Waals surface area contributed by atoms with Gasteiger partial charge in [0.2, 0.25) is 0 Å². The summed E-state index contributed by atoms with van der Waals surface area (Å²) in [5.74, 6) is 1.70. The van der Waals surface area contributed by atoms with E-state index >= 15 is 0 Å². The fourth-order valence-electron chi connectivity index (χ4n) is 9.93. The molecule has 6 heteroatoms. The van der Waals surface area contributed by atoms with Crippen molar-refractivity contribution in [3.63, 3.8) is 0 Å². The van der Waals surface area contributed by atoms with Crippen molar-refractivity contribution in [3.8, 4) is 39.9 Å². The van der Waals surface area contributed by atoms with E-state index in [0.717, 1.165) is 98.8 Å². The third kappa shape index (κ3) is 5.03. The van der Waals surface area contributed by atoms with E-state index in [0.29, 0.717) is 17.5 Å². The Bertz CT molecular complexity index is 4230. The predicted octanol–water partition coefficient (Wildman–Crippen LogP) is 15.2. The van der Waals surface area contributed by atoms with Crippen LogP contribution in [0.3, 0.4) is 0 Å². The summed E-state index contributed by atoms with van der Waals surface area (Å²) in [5.41, 5.74) is 8.95. The van der Waals surface area contributed by atoms with Gasteiger partial charge in [-0.15, -0.1) is 0 Å². The molecule has 0 bridgehead atoms. The van der Waals surface area contributed by atoms with E-state index < -0.39 is 0 Å². The molecule has 292 valence electrons. The molecule has 0 saturated heterocycles. The zero-order chi connectivity index (χ0) is 41.2. The van der Waals surface area contributed by atoms with Crippen LogP contribution in [0.5, 0.6) is 0 Å². The van der Waals surface area contributed by atoms with E-state index in [2.05, 4.69) is 168 Å². The molecule has 0 spiro atoms. The van der Waals surface area contributed by atoms with Crippen LogP contribution in [0.2, 0.25) is 0 Å². The summed E-state index contributed by atoms with van der Waals surface area (Å²) in [7, 11) is 0. The van der Waals surface area contributed by atoms with Crippen molar-refractivity contribution in [1.82, 2.24) is 19.5 Å². The first-order valence-electron chi connectivity index (χ1n) is 21.2. The highest BCUT2D eigenvalue weighted by atomic mass is 16.3. The van der Waals surface area contributed by atoms with Crippen molar-refractivity contribution < 1.29 is 8.83 Å². The van der Waals surface area contributed by atoms with Crippen LogP contribution in [0.4, 0.5) is 0 Å².